The average molecular weight is 390 g/mol. The molecule has 0 spiro atoms. The highest BCUT2D eigenvalue weighted by atomic mass is 32.2. The fraction of sp³-hybridized carbons (Fsp3) is 0.350. The Morgan fingerprint density at radius 1 is 0.963 bits per heavy atom. The van der Waals surface area contributed by atoms with E-state index in [1.165, 1.54) is 0 Å². The third-order valence-electron chi connectivity index (χ3n) is 4.13. The maximum atomic E-state index is 12.3. The summed E-state index contributed by atoms with van der Waals surface area (Å²) in [6.07, 6.45) is 1.22. The zero-order valence-corrected chi connectivity index (χ0v) is 16.3. The van der Waals surface area contributed by atoms with Crippen molar-refractivity contribution in [3.8, 4) is 0 Å². The summed E-state index contributed by atoms with van der Waals surface area (Å²) in [6, 6.07) is 19.4. The maximum Gasteiger partial charge on any atom is 0.315 e. The molecule has 0 fully saturated rings. The molecule has 27 heavy (non-hydrogen) atoms. The third kappa shape index (κ3) is 7.80. The van der Waals surface area contributed by atoms with Crippen molar-refractivity contribution in [2.75, 3.05) is 18.8 Å². The van der Waals surface area contributed by atoms with Crippen LogP contribution in [0, 0.1) is 0 Å². The summed E-state index contributed by atoms with van der Waals surface area (Å²) >= 11 is 0. The molecule has 0 saturated heterocycles. The highest BCUT2D eigenvalue weighted by molar-refractivity contribution is 7.89. The first kappa shape index (κ1) is 20.9. The molecule has 3 N–H and O–H groups in total. The van der Waals surface area contributed by atoms with Gasteiger partial charge in [-0.3, -0.25) is 0 Å². The summed E-state index contributed by atoms with van der Waals surface area (Å²) < 4.78 is 25.2. The Kier molecular flexibility index (Phi) is 8.29. The van der Waals surface area contributed by atoms with Crippen molar-refractivity contribution >= 4 is 16.1 Å². The Hall–Kier alpha value is -2.38. The fourth-order valence-corrected chi connectivity index (χ4v) is 3.28. The number of hydrogen-bond donors (Lipinski definition) is 3. The summed E-state index contributed by atoms with van der Waals surface area (Å²) in [7, 11) is -3.19. The maximum absolute atomic E-state index is 12.3. The highest BCUT2D eigenvalue weighted by Crippen LogP contribution is 2.18. The van der Waals surface area contributed by atoms with Crippen LogP contribution in [0.3, 0.4) is 0 Å². The standard InChI is InChI=1S/C20H27N3O3S/c1-2-27(25,26)22-15-9-14-21-20(24)23-19(18-12-7-4-8-13-18)16-17-10-5-3-6-11-17/h3-8,10-13,19,22H,2,9,14-16H2,1H3,(H2,21,23,24). The van der Waals surface area contributed by atoms with Crippen LogP contribution in [0.15, 0.2) is 60.7 Å². The van der Waals surface area contributed by atoms with E-state index < -0.39 is 10.0 Å². The fourth-order valence-electron chi connectivity index (χ4n) is 2.62. The molecular formula is C20H27N3O3S. The Morgan fingerprint density at radius 2 is 1.59 bits per heavy atom. The van der Waals surface area contributed by atoms with Crippen LogP contribution in [0.2, 0.25) is 0 Å². The minimum atomic E-state index is -3.19. The van der Waals surface area contributed by atoms with Gasteiger partial charge in [-0.25, -0.2) is 17.9 Å². The van der Waals surface area contributed by atoms with Gasteiger partial charge in [0.15, 0.2) is 0 Å². The summed E-state index contributed by atoms with van der Waals surface area (Å²) in [5.74, 6) is 0.0547. The van der Waals surface area contributed by atoms with Crippen LogP contribution in [-0.4, -0.2) is 33.3 Å². The van der Waals surface area contributed by atoms with Gasteiger partial charge < -0.3 is 10.6 Å². The van der Waals surface area contributed by atoms with E-state index in [1.54, 1.807) is 6.92 Å². The first-order valence-electron chi connectivity index (χ1n) is 9.10. The van der Waals surface area contributed by atoms with Crippen LogP contribution in [0.5, 0.6) is 0 Å². The van der Waals surface area contributed by atoms with E-state index in [2.05, 4.69) is 15.4 Å². The lowest BCUT2D eigenvalue weighted by molar-refractivity contribution is 0.237. The molecule has 0 aliphatic carbocycles. The van der Waals surface area contributed by atoms with Crippen molar-refractivity contribution < 1.29 is 13.2 Å². The Labute approximate surface area is 161 Å². The molecule has 1 atom stereocenters. The Balaban J connectivity index is 1.86. The van der Waals surface area contributed by atoms with Crippen molar-refractivity contribution in [2.24, 2.45) is 0 Å². The molecule has 1 unspecified atom stereocenters. The van der Waals surface area contributed by atoms with Gasteiger partial charge in [0.25, 0.3) is 0 Å². The van der Waals surface area contributed by atoms with E-state index in [4.69, 9.17) is 0 Å². The van der Waals surface area contributed by atoms with Crippen molar-refractivity contribution in [1.82, 2.24) is 15.4 Å². The highest BCUT2D eigenvalue weighted by Gasteiger charge is 2.15. The number of amides is 2. The predicted molar refractivity (Wildman–Crippen MR) is 108 cm³/mol. The Morgan fingerprint density at radius 3 is 2.22 bits per heavy atom. The second-order valence-electron chi connectivity index (χ2n) is 6.20. The van der Waals surface area contributed by atoms with E-state index in [9.17, 15) is 13.2 Å². The zero-order valence-electron chi connectivity index (χ0n) is 15.5. The topological polar surface area (TPSA) is 87.3 Å². The molecule has 6 nitrogen and oxygen atoms in total. The van der Waals surface area contributed by atoms with Gasteiger partial charge in [-0.15, -0.1) is 0 Å². The molecule has 7 heteroatoms. The second-order valence-corrected chi connectivity index (χ2v) is 8.30. The van der Waals surface area contributed by atoms with Crippen LogP contribution >= 0.6 is 0 Å². The van der Waals surface area contributed by atoms with Crippen LogP contribution < -0.4 is 15.4 Å². The van der Waals surface area contributed by atoms with E-state index in [1.807, 2.05) is 60.7 Å². The summed E-state index contributed by atoms with van der Waals surface area (Å²) in [5.41, 5.74) is 2.17. The number of benzene rings is 2. The normalized spacial score (nSPS) is 12.3. The minimum Gasteiger partial charge on any atom is -0.338 e. The molecule has 146 valence electrons. The van der Waals surface area contributed by atoms with Crippen molar-refractivity contribution in [3.63, 3.8) is 0 Å². The van der Waals surface area contributed by atoms with E-state index in [0.29, 0.717) is 25.9 Å². The van der Waals surface area contributed by atoms with Crippen LogP contribution in [-0.2, 0) is 16.4 Å². The number of rotatable bonds is 10. The first-order chi connectivity index (χ1) is 13.0. The quantitative estimate of drug-likeness (QED) is 0.546. The van der Waals surface area contributed by atoms with Crippen LogP contribution in [0.4, 0.5) is 4.79 Å². The molecule has 2 amide bonds. The van der Waals surface area contributed by atoms with E-state index in [0.717, 1.165) is 11.1 Å². The monoisotopic (exact) mass is 389 g/mol. The van der Waals surface area contributed by atoms with Gasteiger partial charge in [-0.05, 0) is 30.9 Å². The van der Waals surface area contributed by atoms with Crippen LogP contribution in [0.25, 0.3) is 0 Å². The van der Waals surface area contributed by atoms with Gasteiger partial charge in [-0.1, -0.05) is 60.7 Å². The Bertz CT molecular complexity index is 796. The zero-order chi connectivity index (χ0) is 19.5. The number of urea groups is 1. The molecule has 2 aromatic carbocycles. The molecule has 0 aliphatic rings. The van der Waals surface area contributed by atoms with Crippen molar-refractivity contribution in [3.05, 3.63) is 71.8 Å². The summed E-state index contributed by atoms with van der Waals surface area (Å²) in [5, 5.41) is 5.80. The van der Waals surface area contributed by atoms with Gasteiger partial charge in [-0.2, -0.15) is 0 Å². The molecule has 0 heterocycles. The second kappa shape index (κ2) is 10.7. The molecule has 0 bridgehead atoms. The molecule has 0 saturated carbocycles. The van der Waals surface area contributed by atoms with Crippen molar-refractivity contribution in [1.29, 1.82) is 0 Å². The van der Waals surface area contributed by atoms with Gasteiger partial charge in [0.2, 0.25) is 10.0 Å². The number of carbonyl (C=O) groups is 1. The summed E-state index contributed by atoms with van der Waals surface area (Å²) in [6.45, 7) is 2.29. The van der Waals surface area contributed by atoms with Gasteiger partial charge >= 0.3 is 6.03 Å². The van der Waals surface area contributed by atoms with Crippen molar-refractivity contribution in [2.45, 2.75) is 25.8 Å². The predicted octanol–water partition coefficient (Wildman–Crippen LogP) is 2.60. The van der Waals surface area contributed by atoms with Crippen LogP contribution in [0.1, 0.15) is 30.5 Å². The lowest BCUT2D eigenvalue weighted by Gasteiger charge is -2.20. The smallest absolute Gasteiger partial charge is 0.315 e. The molecule has 0 aliphatic heterocycles. The minimum absolute atomic E-state index is 0.0547. The molecule has 2 rings (SSSR count). The third-order valence-corrected chi connectivity index (χ3v) is 5.54. The van der Waals surface area contributed by atoms with E-state index in [-0.39, 0.29) is 17.8 Å². The lowest BCUT2D eigenvalue weighted by Crippen LogP contribution is -2.40. The largest absolute Gasteiger partial charge is 0.338 e. The lowest BCUT2D eigenvalue weighted by atomic mass is 9.99. The molecule has 0 radical (unpaired) electrons. The molecule has 2 aromatic rings. The number of sulfonamides is 1. The van der Waals surface area contributed by atoms with Gasteiger partial charge in [0.1, 0.15) is 0 Å². The van der Waals surface area contributed by atoms with E-state index >= 15 is 0 Å². The van der Waals surface area contributed by atoms with Gasteiger partial charge in [0, 0.05) is 13.1 Å². The number of carbonyl (C=O) groups excluding carboxylic acids is 1. The first-order valence-corrected chi connectivity index (χ1v) is 10.8. The van der Waals surface area contributed by atoms with Gasteiger partial charge in [0.05, 0.1) is 11.8 Å². The molecule has 0 aromatic heterocycles. The number of hydrogen-bond acceptors (Lipinski definition) is 3. The summed E-state index contributed by atoms with van der Waals surface area (Å²) in [4.78, 5) is 12.3. The average Bonchev–Trinajstić information content (AvgIpc) is 2.68. The molecular weight excluding hydrogens is 362 g/mol. The number of nitrogens with one attached hydrogen (secondary N) is 3. The SMILES string of the molecule is CCS(=O)(=O)NCCCNC(=O)NC(Cc1ccccc1)c1ccccc1.